The molecule has 2 aromatic rings. The number of thiazole rings is 1. The highest BCUT2D eigenvalue weighted by molar-refractivity contribution is 9.10. The minimum absolute atomic E-state index is 0.288. The van der Waals surface area contributed by atoms with E-state index in [0.717, 1.165) is 5.69 Å². The molecule has 0 atom stereocenters. The van der Waals surface area contributed by atoms with Crippen LogP contribution in [0.4, 0.5) is 10.9 Å². The molecule has 0 aliphatic heterocycles. The number of hydrazine groups is 1. The fraction of sp³-hybridized carbons (Fsp3) is 0.250. The third-order valence-electron chi connectivity index (χ3n) is 2.97. The van der Waals surface area contributed by atoms with Crippen molar-refractivity contribution in [2.75, 3.05) is 10.7 Å². The lowest BCUT2D eigenvalue weighted by Crippen LogP contribution is -2.18. The number of amides is 1. The number of carbonyl (C=O) groups excluding carboxylic acids is 1. The number of anilines is 2. The molecule has 0 saturated heterocycles. The number of carbonyl (C=O) groups is 1. The molecule has 0 radical (unpaired) electrons. The highest BCUT2D eigenvalue weighted by atomic mass is 79.9. The summed E-state index contributed by atoms with van der Waals surface area (Å²) in [6.45, 7) is 0. The number of nitrogen functional groups attached to an aromatic ring is 1. The van der Waals surface area contributed by atoms with Crippen LogP contribution in [-0.2, 0) is 0 Å². The van der Waals surface area contributed by atoms with E-state index in [2.05, 4.69) is 36.6 Å². The van der Waals surface area contributed by atoms with Crippen molar-refractivity contribution in [3.8, 4) is 0 Å². The second-order valence-electron chi connectivity index (χ2n) is 4.50. The van der Waals surface area contributed by atoms with Crippen LogP contribution >= 0.6 is 27.3 Å². The Morgan fingerprint density at radius 2 is 2.30 bits per heavy atom. The molecule has 3 rings (SSSR count). The molecule has 8 heteroatoms. The topological polar surface area (TPSA) is 92.9 Å². The predicted molar refractivity (Wildman–Crippen MR) is 81.8 cm³/mol. The minimum Gasteiger partial charge on any atom is -0.308 e. The van der Waals surface area contributed by atoms with E-state index in [1.165, 1.54) is 24.2 Å². The average Bonchev–Trinajstić information content (AvgIpc) is 3.19. The molecule has 20 heavy (non-hydrogen) atoms. The summed E-state index contributed by atoms with van der Waals surface area (Å²) in [7, 11) is 0. The lowest BCUT2D eigenvalue weighted by atomic mass is 10.2. The maximum atomic E-state index is 12.2. The van der Waals surface area contributed by atoms with Gasteiger partial charge in [-0.3, -0.25) is 10.1 Å². The third-order valence-corrected chi connectivity index (χ3v) is 4.18. The maximum absolute atomic E-state index is 12.2. The van der Waals surface area contributed by atoms with Crippen LogP contribution in [0.25, 0.3) is 0 Å². The summed E-state index contributed by atoms with van der Waals surface area (Å²) < 4.78 is 0.708. The van der Waals surface area contributed by atoms with Gasteiger partial charge in [-0.15, -0.1) is 11.3 Å². The van der Waals surface area contributed by atoms with E-state index in [9.17, 15) is 4.79 Å². The van der Waals surface area contributed by atoms with Gasteiger partial charge in [-0.25, -0.2) is 15.8 Å². The van der Waals surface area contributed by atoms with E-state index in [-0.39, 0.29) is 5.91 Å². The van der Waals surface area contributed by atoms with Gasteiger partial charge < -0.3 is 5.43 Å². The number of aromatic nitrogens is 2. The van der Waals surface area contributed by atoms with Crippen molar-refractivity contribution in [3.63, 3.8) is 0 Å². The fourth-order valence-electron chi connectivity index (χ4n) is 1.80. The van der Waals surface area contributed by atoms with Crippen LogP contribution < -0.4 is 16.6 Å². The van der Waals surface area contributed by atoms with E-state index < -0.39 is 0 Å². The molecule has 1 fully saturated rings. The Kier molecular flexibility index (Phi) is 3.68. The quantitative estimate of drug-likeness (QED) is 0.580. The van der Waals surface area contributed by atoms with Gasteiger partial charge in [0.2, 0.25) is 0 Å². The summed E-state index contributed by atoms with van der Waals surface area (Å²) in [6, 6.07) is 1.66. The van der Waals surface area contributed by atoms with Crippen molar-refractivity contribution in [2.45, 2.75) is 18.8 Å². The molecule has 0 aromatic carbocycles. The van der Waals surface area contributed by atoms with Gasteiger partial charge in [-0.1, -0.05) is 0 Å². The average molecular weight is 354 g/mol. The first-order valence-electron chi connectivity index (χ1n) is 6.06. The number of pyridine rings is 1. The number of hydrogen-bond acceptors (Lipinski definition) is 6. The Labute approximate surface area is 127 Å². The highest BCUT2D eigenvalue weighted by Crippen LogP contribution is 2.40. The van der Waals surface area contributed by atoms with E-state index in [0.29, 0.717) is 26.9 Å². The van der Waals surface area contributed by atoms with E-state index in [1.807, 2.05) is 5.38 Å². The van der Waals surface area contributed by atoms with Gasteiger partial charge in [0.05, 0.1) is 11.3 Å². The van der Waals surface area contributed by atoms with Crippen LogP contribution in [0.1, 0.15) is 34.8 Å². The number of nitrogens with one attached hydrogen (secondary N) is 2. The Morgan fingerprint density at radius 1 is 1.50 bits per heavy atom. The summed E-state index contributed by atoms with van der Waals surface area (Å²) in [5.74, 6) is 5.97. The first-order valence-corrected chi connectivity index (χ1v) is 7.73. The van der Waals surface area contributed by atoms with Crippen molar-refractivity contribution in [1.82, 2.24) is 9.97 Å². The molecular formula is C12H12BrN5OS. The molecule has 0 unspecified atom stereocenters. The van der Waals surface area contributed by atoms with Gasteiger partial charge in [0.15, 0.2) is 10.9 Å². The van der Waals surface area contributed by atoms with Crippen molar-refractivity contribution in [1.29, 1.82) is 0 Å². The van der Waals surface area contributed by atoms with Crippen LogP contribution in [0.5, 0.6) is 0 Å². The van der Waals surface area contributed by atoms with Crippen LogP contribution in [0, 0.1) is 0 Å². The molecular weight excluding hydrogens is 342 g/mol. The number of rotatable bonds is 4. The third kappa shape index (κ3) is 2.82. The first-order chi connectivity index (χ1) is 9.67. The molecule has 2 heterocycles. The second-order valence-corrected chi connectivity index (χ2v) is 6.27. The Hall–Kier alpha value is -1.51. The number of hydrogen-bond donors (Lipinski definition) is 3. The number of nitrogens with zero attached hydrogens (tertiary/aromatic N) is 2. The van der Waals surface area contributed by atoms with E-state index in [4.69, 9.17) is 5.84 Å². The highest BCUT2D eigenvalue weighted by Gasteiger charge is 2.26. The minimum atomic E-state index is -0.288. The first kappa shape index (κ1) is 13.5. The van der Waals surface area contributed by atoms with Gasteiger partial charge >= 0.3 is 0 Å². The molecule has 1 aliphatic rings. The molecule has 6 nitrogen and oxygen atoms in total. The van der Waals surface area contributed by atoms with Gasteiger partial charge in [-0.05, 0) is 34.8 Å². The maximum Gasteiger partial charge on any atom is 0.261 e. The number of nitrogens with two attached hydrogens (primary N) is 1. The smallest absolute Gasteiger partial charge is 0.261 e. The summed E-state index contributed by atoms with van der Waals surface area (Å²) in [5, 5.41) is 5.37. The van der Waals surface area contributed by atoms with Crippen LogP contribution in [0.15, 0.2) is 22.1 Å². The van der Waals surface area contributed by atoms with E-state index >= 15 is 0 Å². The van der Waals surface area contributed by atoms with Gasteiger partial charge in [0, 0.05) is 22.0 Å². The molecule has 104 valence electrons. The molecule has 1 aliphatic carbocycles. The van der Waals surface area contributed by atoms with Crippen LogP contribution in [-0.4, -0.2) is 15.9 Å². The molecule has 2 aromatic heterocycles. The zero-order chi connectivity index (χ0) is 14.1. The zero-order valence-corrected chi connectivity index (χ0v) is 12.8. The van der Waals surface area contributed by atoms with E-state index in [1.54, 1.807) is 12.3 Å². The number of halogens is 1. The fourth-order valence-corrected chi connectivity index (χ4v) is 2.92. The zero-order valence-electron chi connectivity index (χ0n) is 10.4. The monoisotopic (exact) mass is 353 g/mol. The summed E-state index contributed by atoms with van der Waals surface area (Å²) in [4.78, 5) is 20.7. The van der Waals surface area contributed by atoms with Gasteiger partial charge in [0.1, 0.15) is 0 Å². The normalized spacial score (nSPS) is 14.1. The Morgan fingerprint density at radius 3 is 3.00 bits per heavy atom. The summed E-state index contributed by atoms with van der Waals surface area (Å²) >= 11 is 4.72. The van der Waals surface area contributed by atoms with Gasteiger partial charge in [-0.2, -0.15) is 0 Å². The molecule has 1 amide bonds. The predicted octanol–water partition coefficient (Wildman–Crippen LogP) is 2.72. The largest absolute Gasteiger partial charge is 0.308 e. The lowest BCUT2D eigenvalue weighted by molar-refractivity contribution is 0.102. The molecule has 4 N–H and O–H groups in total. The van der Waals surface area contributed by atoms with Crippen molar-refractivity contribution in [3.05, 3.63) is 33.4 Å². The second kappa shape index (κ2) is 5.47. The van der Waals surface area contributed by atoms with Crippen LogP contribution in [0.2, 0.25) is 0 Å². The Balaban J connectivity index is 1.79. The van der Waals surface area contributed by atoms with Crippen molar-refractivity contribution in [2.24, 2.45) is 5.84 Å². The SMILES string of the molecule is NNc1ncc(Br)cc1C(=O)Nc1nc(C2CC2)cs1. The molecule has 0 spiro atoms. The van der Waals surface area contributed by atoms with Crippen molar-refractivity contribution >= 4 is 44.1 Å². The standard InChI is InChI=1S/C12H12BrN5OS/c13-7-3-8(10(18-14)15-4-7)11(19)17-12-16-9(5-20-12)6-1-2-6/h3-6H,1-2,14H2,(H,15,18)(H,16,17,19). The Bertz CT molecular complexity index is 655. The molecule has 1 saturated carbocycles. The van der Waals surface area contributed by atoms with Gasteiger partial charge in [0.25, 0.3) is 5.91 Å². The molecule has 0 bridgehead atoms. The summed E-state index contributed by atoms with van der Waals surface area (Å²) in [5.41, 5.74) is 3.84. The lowest BCUT2D eigenvalue weighted by Gasteiger charge is -2.07. The summed E-state index contributed by atoms with van der Waals surface area (Å²) in [6.07, 6.45) is 3.95. The van der Waals surface area contributed by atoms with Crippen LogP contribution in [0.3, 0.4) is 0 Å². The van der Waals surface area contributed by atoms with Crippen molar-refractivity contribution < 1.29 is 4.79 Å².